The molecule has 0 saturated heterocycles. The van der Waals surface area contributed by atoms with E-state index < -0.39 is 5.97 Å². The van der Waals surface area contributed by atoms with Crippen molar-refractivity contribution in [2.75, 3.05) is 0 Å². The molecule has 62 valence electrons. The van der Waals surface area contributed by atoms with Crippen molar-refractivity contribution < 1.29 is 9.90 Å². The van der Waals surface area contributed by atoms with Crippen LogP contribution >= 0.6 is 11.6 Å². The Balaban J connectivity index is 2.69. The maximum absolute atomic E-state index is 10.5. The number of allylic oxidation sites excluding steroid dienone is 1. The van der Waals surface area contributed by atoms with Gasteiger partial charge in [-0.15, -0.1) is 11.6 Å². The van der Waals surface area contributed by atoms with E-state index in [2.05, 4.69) is 0 Å². The van der Waals surface area contributed by atoms with E-state index in [4.69, 9.17) is 16.7 Å². The highest BCUT2D eigenvalue weighted by molar-refractivity contribution is 6.22. The minimum Gasteiger partial charge on any atom is -0.481 e. The lowest BCUT2D eigenvalue weighted by Crippen LogP contribution is -2.19. The molecule has 11 heavy (non-hydrogen) atoms. The van der Waals surface area contributed by atoms with Gasteiger partial charge in [0.25, 0.3) is 0 Å². The lowest BCUT2D eigenvalue weighted by atomic mass is 9.91. The van der Waals surface area contributed by atoms with Crippen molar-refractivity contribution in [3.05, 3.63) is 11.6 Å². The van der Waals surface area contributed by atoms with E-state index in [1.54, 1.807) is 6.08 Å². The topological polar surface area (TPSA) is 37.3 Å². The highest BCUT2D eigenvalue weighted by Gasteiger charge is 2.22. The lowest BCUT2D eigenvalue weighted by molar-refractivity contribution is -0.140. The quantitative estimate of drug-likeness (QED) is 0.488. The Morgan fingerprint density at radius 2 is 2.36 bits per heavy atom. The highest BCUT2D eigenvalue weighted by atomic mass is 35.5. The fraction of sp³-hybridized carbons (Fsp3) is 0.625. The summed E-state index contributed by atoms with van der Waals surface area (Å²) in [7, 11) is 0. The van der Waals surface area contributed by atoms with E-state index in [1.165, 1.54) is 0 Å². The Hall–Kier alpha value is -0.500. The van der Waals surface area contributed by atoms with Crippen molar-refractivity contribution in [1.82, 2.24) is 0 Å². The molecule has 2 nitrogen and oxygen atoms in total. The first-order valence-corrected chi connectivity index (χ1v) is 4.10. The van der Waals surface area contributed by atoms with E-state index in [0.717, 1.165) is 12.0 Å². The van der Waals surface area contributed by atoms with Gasteiger partial charge in [-0.1, -0.05) is 11.6 Å². The molecule has 1 rings (SSSR count). The number of carbonyl (C=O) groups is 1. The van der Waals surface area contributed by atoms with Crippen molar-refractivity contribution in [1.29, 1.82) is 0 Å². The van der Waals surface area contributed by atoms with Crippen LogP contribution in [0.15, 0.2) is 11.6 Å². The number of hydrogen-bond donors (Lipinski definition) is 1. The van der Waals surface area contributed by atoms with E-state index >= 15 is 0 Å². The van der Waals surface area contributed by atoms with Crippen LogP contribution in [0.4, 0.5) is 0 Å². The van der Waals surface area contributed by atoms with Crippen LogP contribution in [0, 0.1) is 5.92 Å². The van der Waals surface area contributed by atoms with Crippen LogP contribution in [0.3, 0.4) is 0 Å². The third-order valence-corrected chi connectivity index (χ3v) is 2.57. The maximum Gasteiger partial charge on any atom is 0.310 e. The molecule has 1 aliphatic carbocycles. The molecular formula is C8H11ClO2. The largest absolute Gasteiger partial charge is 0.481 e. The molecular weight excluding hydrogens is 164 g/mol. The lowest BCUT2D eigenvalue weighted by Gasteiger charge is -2.19. The van der Waals surface area contributed by atoms with Crippen LogP contribution in [0.25, 0.3) is 0 Å². The Bertz CT molecular complexity index is 198. The van der Waals surface area contributed by atoms with E-state index in [0.29, 0.717) is 6.42 Å². The zero-order chi connectivity index (χ0) is 8.43. The monoisotopic (exact) mass is 174 g/mol. The minimum absolute atomic E-state index is 0.0469. The van der Waals surface area contributed by atoms with Gasteiger partial charge in [0.1, 0.15) is 0 Å². The Labute approximate surface area is 70.9 Å². The fourth-order valence-corrected chi connectivity index (χ4v) is 1.45. The number of aliphatic carboxylic acids is 1. The molecule has 0 aromatic heterocycles. The first-order chi connectivity index (χ1) is 5.11. The highest BCUT2D eigenvalue weighted by Crippen LogP contribution is 2.26. The van der Waals surface area contributed by atoms with Crippen molar-refractivity contribution in [2.45, 2.75) is 25.1 Å². The number of alkyl halides is 1. The molecule has 0 heterocycles. The molecule has 3 heteroatoms. The Kier molecular flexibility index (Phi) is 2.55. The van der Waals surface area contributed by atoms with Crippen LogP contribution < -0.4 is 0 Å². The normalized spacial score (nSPS) is 31.3. The predicted molar refractivity (Wildman–Crippen MR) is 43.8 cm³/mol. The van der Waals surface area contributed by atoms with Crippen molar-refractivity contribution in [2.24, 2.45) is 5.92 Å². The summed E-state index contributed by atoms with van der Waals surface area (Å²) in [5.41, 5.74) is 0.991. The zero-order valence-electron chi connectivity index (χ0n) is 6.38. The average molecular weight is 175 g/mol. The molecule has 0 spiro atoms. The molecule has 0 aliphatic heterocycles. The number of rotatable bonds is 1. The van der Waals surface area contributed by atoms with Crippen LogP contribution in [0.2, 0.25) is 0 Å². The van der Waals surface area contributed by atoms with Gasteiger partial charge in [0.15, 0.2) is 0 Å². The fourth-order valence-electron chi connectivity index (χ4n) is 1.25. The van der Waals surface area contributed by atoms with Crippen molar-refractivity contribution in [3.63, 3.8) is 0 Å². The van der Waals surface area contributed by atoms with E-state index in [-0.39, 0.29) is 11.3 Å². The molecule has 1 aliphatic rings. The molecule has 0 amide bonds. The molecule has 0 radical (unpaired) electrons. The van der Waals surface area contributed by atoms with Gasteiger partial charge >= 0.3 is 5.97 Å². The average Bonchev–Trinajstić information content (AvgIpc) is 1.94. The van der Waals surface area contributed by atoms with Crippen LogP contribution in [0.5, 0.6) is 0 Å². The summed E-state index contributed by atoms with van der Waals surface area (Å²) in [6.07, 6.45) is 3.20. The van der Waals surface area contributed by atoms with Gasteiger partial charge in [-0.05, 0) is 19.8 Å². The molecule has 0 saturated carbocycles. The second kappa shape index (κ2) is 3.26. The van der Waals surface area contributed by atoms with Gasteiger partial charge in [0.05, 0.1) is 11.3 Å². The van der Waals surface area contributed by atoms with E-state index in [9.17, 15) is 4.79 Å². The summed E-state index contributed by atoms with van der Waals surface area (Å²) < 4.78 is 0. The molecule has 1 N–H and O–H groups in total. The first kappa shape index (κ1) is 8.60. The first-order valence-electron chi connectivity index (χ1n) is 3.66. The van der Waals surface area contributed by atoms with Gasteiger partial charge in [-0.2, -0.15) is 0 Å². The van der Waals surface area contributed by atoms with Crippen molar-refractivity contribution in [3.8, 4) is 0 Å². The SMILES string of the molecule is CC1=CC(C(=O)O)CCC1Cl. The molecule has 0 fully saturated rings. The number of hydrogen-bond acceptors (Lipinski definition) is 1. The molecule has 2 unspecified atom stereocenters. The standard InChI is InChI=1S/C8H11ClO2/c1-5-4-6(8(10)11)2-3-7(5)9/h4,6-7H,2-3H2,1H3,(H,10,11). The Morgan fingerprint density at radius 1 is 1.73 bits per heavy atom. The molecule has 0 aromatic rings. The summed E-state index contributed by atoms with van der Waals surface area (Å²) >= 11 is 5.88. The number of halogens is 1. The summed E-state index contributed by atoms with van der Waals surface area (Å²) in [6.45, 7) is 1.88. The molecule has 2 atom stereocenters. The van der Waals surface area contributed by atoms with Gasteiger partial charge < -0.3 is 5.11 Å². The third kappa shape index (κ3) is 1.96. The Morgan fingerprint density at radius 3 is 2.82 bits per heavy atom. The smallest absolute Gasteiger partial charge is 0.310 e. The maximum atomic E-state index is 10.5. The summed E-state index contributed by atoms with van der Waals surface area (Å²) in [6, 6.07) is 0. The van der Waals surface area contributed by atoms with Gasteiger partial charge in [-0.3, -0.25) is 4.79 Å². The van der Waals surface area contributed by atoms with Crippen LogP contribution in [-0.4, -0.2) is 16.5 Å². The zero-order valence-corrected chi connectivity index (χ0v) is 7.14. The number of carboxylic acids is 1. The van der Waals surface area contributed by atoms with Crippen LogP contribution in [0.1, 0.15) is 19.8 Å². The molecule has 0 bridgehead atoms. The minimum atomic E-state index is -0.743. The summed E-state index contributed by atoms with van der Waals surface area (Å²) in [5.74, 6) is -1.06. The molecule has 0 aromatic carbocycles. The summed E-state index contributed by atoms with van der Waals surface area (Å²) in [5, 5.41) is 8.70. The number of carboxylic acid groups (broad SMARTS) is 1. The second-order valence-corrected chi connectivity index (χ2v) is 3.43. The van der Waals surface area contributed by atoms with Gasteiger partial charge in [0.2, 0.25) is 0 Å². The van der Waals surface area contributed by atoms with Gasteiger partial charge in [-0.25, -0.2) is 0 Å². The van der Waals surface area contributed by atoms with E-state index in [1.807, 2.05) is 6.92 Å². The predicted octanol–water partition coefficient (Wildman–Crippen LogP) is 2.03. The van der Waals surface area contributed by atoms with Crippen LogP contribution in [-0.2, 0) is 4.79 Å². The summed E-state index contributed by atoms with van der Waals surface area (Å²) in [4.78, 5) is 10.5. The third-order valence-electron chi connectivity index (χ3n) is 2.01. The second-order valence-electron chi connectivity index (χ2n) is 2.90. The van der Waals surface area contributed by atoms with Crippen molar-refractivity contribution >= 4 is 17.6 Å². The van der Waals surface area contributed by atoms with Gasteiger partial charge in [0, 0.05) is 0 Å².